The molecule has 1 N–H and O–H groups in total. The van der Waals surface area contributed by atoms with Gasteiger partial charge < -0.3 is 9.73 Å². The maximum atomic E-state index is 13.3. The quantitative estimate of drug-likeness (QED) is 0.593. The Morgan fingerprint density at radius 1 is 1.10 bits per heavy atom. The molecule has 0 saturated carbocycles. The lowest BCUT2D eigenvalue weighted by Gasteiger charge is -2.23. The number of nitrogens with one attached hydrogen (secondary N) is 1. The van der Waals surface area contributed by atoms with Crippen LogP contribution in [0.4, 0.5) is 11.4 Å². The number of benzene rings is 2. The molecule has 0 aliphatic rings. The second-order valence-electron chi connectivity index (χ2n) is 6.43. The number of halogens is 1. The number of hydrogen-bond acceptors (Lipinski definition) is 4. The van der Waals surface area contributed by atoms with Crippen molar-refractivity contribution in [1.29, 1.82) is 0 Å². The highest BCUT2D eigenvalue weighted by molar-refractivity contribution is 7.93. The first kappa shape index (κ1) is 21.0. The minimum atomic E-state index is -3.93. The fourth-order valence-corrected chi connectivity index (χ4v) is 5.01. The van der Waals surface area contributed by atoms with E-state index in [1.165, 1.54) is 16.4 Å². The molecule has 2 aromatic carbocycles. The maximum Gasteiger partial charge on any atom is 0.265 e. The maximum absolute atomic E-state index is 13.3. The average molecular weight is 433 g/mol. The van der Waals surface area contributed by atoms with Crippen molar-refractivity contribution < 1.29 is 17.6 Å². The second kappa shape index (κ2) is 8.31. The number of furan rings is 1. The standard InChI is InChI=1S/C21H21ClN2O4S/c1-4-24(17-8-6-5-7-9-17)29(26,27)20-13-16(10-11-19(20)22)23-21(25)18-12-14(2)28-15(18)3/h5-13H,4H2,1-3H3,(H,23,25). The van der Waals surface area contributed by atoms with Crippen LogP contribution in [-0.4, -0.2) is 20.9 Å². The molecule has 3 aromatic rings. The number of para-hydroxylation sites is 1. The predicted molar refractivity (Wildman–Crippen MR) is 114 cm³/mol. The molecule has 152 valence electrons. The van der Waals surface area contributed by atoms with Crippen LogP contribution in [0.25, 0.3) is 0 Å². The molecule has 0 bridgehead atoms. The van der Waals surface area contributed by atoms with E-state index in [0.717, 1.165) is 0 Å². The third-order valence-electron chi connectivity index (χ3n) is 4.37. The molecule has 0 saturated heterocycles. The minimum absolute atomic E-state index is 0.0766. The Hall–Kier alpha value is -2.77. The van der Waals surface area contributed by atoms with Crippen molar-refractivity contribution in [2.75, 3.05) is 16.2 Å². The smallest absolute Gasteiger partial charge is 0.265 e. The third kappa shape index (κ3) is 4.31. The molecular weight excluding hydrogens is 412 g/mol. The average Bonchev–Trinajstić information content (AvgIpc) is 3.02. The zero-order chi connectivity index (χ0) is 21.2. The number of amides is 1. The van der Waals surface area contributed by atoms with Crippen LogP contribution in [0.2, 0.25) is 5.02 Å². The lowest BCUT2D eigenvalue weighted by Crippen LogP contribution is -2.31. The van der Waals surface area contributed by atoms with Crippen LogP contribution in [0.5, 0.6) is 0 Å². The van der Waals surface area contributed by atoms with Gasteiger partial charge in [0.25, 0.3) is 15.9 Å². The second-order valence-corrected chi connectivity index (χ2v) is 8.67. The summed E-state index contributed by atoms with van der Waals surface area (Å²) >= 11 is 6.22. The molecule has 0 atom stereocenters. The van der Waals surface area contributed by atoms with Crippen molar-refractivity contribution >= 4 is 38.9 Å². The molecular formula is C21H21ClN2O4S. The van der Waals surface area contributed by atoms with Gasteiger partial charge in [-0.05, 0) is 57.2 Å². The van der Waals surface area contributed by atoms with Gasteiger partial charge in [-0.25, -0.2) is 8.42 Å². The fraction of sp³-hybridized carbons (Fsp3) is 0.190. The zero-order valence-corrected chi connectivity index (χ0v) is 17.8. The molecule has 0 spiro atoms. The van der Waals surface area contributed by atoms with Gasteiger partial charge in [0.05, 0.1) is 16.3 Å². The number of aryl methyl sites for hydroxylation is 2. The van der Waals surface area contributed by atoms with E-state index in [4.69, 9.17) is 16.0 Å². The summed E-state index contributed by atoms with van der Waals surface area (Å²) in [5.41, 5.74) is 1.24. The lowest BCUT2D eigenvalue weighted by molar-refractivity contribution is 0.102. The molecule has 6 nitrogen and oxygen atoms in total. The monoisotopic (exact) mass is 432 g/mol. The van der Waals surface area contributed by atoms with Gasteiger partial charge in [-0.15, -0.1) is 0 Å². The lowest BCUT2D eigenvalue weighted by atomic mass is 10.2. The van der Waals surface area contributed by atoms with Crippen molar-refractivity contribution in [2.24, 2.45) is 0 Å². The molecule has 0 aliphatic heterocycles. The molecule has 0 unspecified atom stereocenters. The summed E-state index contributed by atoms with van der Waals surface area (Å²) in [5, 5.41) is 2.78. The number of anilines is 2. The van der Waals surface area contributed by atoms with Crippen molar-refractivity contribution in [3.05, 3.63) is 76.7 Å². The topological polar surface area (TPSA) is 79.6 Å². The molecule has 1 amide bonds. The Kier molecular flexibility index (Phi) is 6.00. The molecule has 1 heterocycles. The number of rotatable bonds is 6. The molecule has 29 heavy (non-hydrogen) atoms. The molecule has 8 heteroatoms. The van der Waals surface area contributed by atoms with Gasteiger partial charge in [0.2, 0.25) is 0 Å². The van der Waals surface area contributed by atoms with Gasteiger partial charge >= 0.3 is 0 Å². The molecule has 3 rings (SSSR count). The fourth-order valence-electron chi connectivity index (χ4n) is 3.04. The number of carbonyl (C=O) groups is 1. The molecule has 0 fully saturated rings. The minimum Gasteiger partial charge on any atom is -0.466 e. The summed E-state index contributed by atoms with van der Waals surface area (Å²) in [6, 6.07) is 14.8. The Bertz CT molecular complexity index is 1140. The van der Waals surface area contributed by atoms with E-state index in [-0.39, 0.29) is 22.4 Å². The van der Waals surface area contributed by atoms with E-state index in [2.05, 4.69) is 5.32 Å². The summed E-state index contributed by atoms with van der Waals surface area (Å²) < 4.78 is 33.2. The van der Waals surface area contributed by atoms with Crippen molar-refractivity contribution in [3.63, 3.8) is 0 Å². The SMILES string of the molecule is CCN(c1ccccc1)S(=O)(=O)c1cc(NC(=O)c2cc(C)oc2C)ccc1Cl. The summed E-state index contributed by atoms with van der Waals surface area (Å²) in [5.74, 6) is 0.719. The van der Waals surface area contributed by atoms with Crippen LogP contribution in [0.15, 0.2) is 63.9 Å². The number of sulfonamides is 1. The van der Waals surface area contributed by atoms with Gasteiger partial charge in [-0.1, -0.05) is 29.8 Å². The van der Waals surface area contributed by atoms with Crippen LogP contribution in [-0.2, 0) is 10.0 Å². The highest BCUT2D eigenvalue weighted by Gasteiger charge is 2.27. The van der Waals surface area contributed by atoms with E-state index in [0.29, 0.717) is 28.5 Å². The van der Waals surface area contributed by atoms with E-state index in [1.54, 1.807) is 57.2 Å². The van der Waals surface area contributed by atoms with Gasteiger partial charge in [-0.2, -0.15) is 0 Å². The molecule has 0 aliphatic carbocycles. The first-order valence-electron chi connectivity index (χ1n) is 8.99. The Morgan fingerprint density at radius 3 is 2.38 bits per heavy atom. The first-order valence-corrected chi connectivity index (χ1v) is 10.8. The normalized spacial score (nSPS) is 11.3. The van der Waals surface area contributed by atoms with Crippen molar-refractivity contribution in [1.82, 2.24) is 0 Å². The Labute approximate surface area is 175 Å². The first-order chi connectivity index (χ1) is 13.7. The van der Waals surface area contributed by atoms with Gasteiger partial charge in [0.1, 0.15) is 16.4 Å². The summed E-state index contributed by atoms with van der Waals surface area (Å²) in [6.07, 6.45) is 0. The van der Waals surface area contributed by atoms with E-state index < -0.39 is 10.0 Å². The number of carbonyl (C=O) groups excluding carboxylic acids is 1. The van der Waals surface area contributed by atoms with Crippen LogP contribution >= 0.6 is 11.6 Å². The zero-order valence-electron chi connectivity index (χ0n) is 16.3. The summed E-state index contributed by atoms with van der Waals surface area (Å²) in [4.78, 5) is 12.5. The van der Waals surface area contributed by atoms with E-state index >= 15 is 0 Å². The predicted octanol–water partition coefficient (Wildman–Crippen LogP) is 5.02. The third-order valence-corrected chi connectivity index (χ3v) is 6.76. The Morgan fingerprint density at radius 2 is 1.79 bits per heavy atom. The van der Waals surface area contributed by atoms with Crippen LogP contribution in [0.3, 0.4) is 0 Å². The van der Waals surface area contributed by atoms with Crippen LogP contribution < -0.4 is 9.62 Å². The van der Waals surface area contributed by atoms with Crippen LogP contribution in [0, 0.1) is 13.8 Å². The summed E-state index contributed by atoms with van der Waals surface area (Å²) in [7, 11) is -3.93. The van der Waals surface area contributed by atoms with Crippen molar-refractivity contribution in [3.8, 4) is 0 Å². The summed E-state index contributed by atoms with van der Waals surface area (Å²) in [6.45, 7) is 5.42. The number of nitrogens with zero attached hydrogens (tertiary/aromatic N) is 1. The molecule has 0 radical (unpaired) electrons. The van der Waals surface area contributed by atoms with Crippen molar-refractivity contribution in [2.45, 2.75) is 25.7 Å². The van der Waals surface area contributed by atoms with Gasteiger partial charge in [0.15, 0.2) is 0 Å². The van der Waals surface area contributed by atoms with Gasteiger partial charge in [-0.3, -0.25) is 9.10 Å². The van der Waals surface area contributed by atoms with E-state index in [1.807, 2.05) is 6.07 Å². The van der Waals surface area contributed by atoms with E-state index in [9.17, 15) is 13.2 Å². The Balaban J connectivity index is 1.96. The highest BCUT2D eigenvalue weighted by atomic mass is 35.5. The molecule has 1 aromatic heterocycles. The highest BCUT2D eigenvalue weighted by Crippen LogP contribution is 2.31. The van der Waals surface area contributed by atoms with Gasteiger partial charge in [0, 0.05) is 12.2 Å². The largest absolute Gasteiger partial charge is 0.466 e. The van der Waals surface area contributed by atoms with Crippen LogP contribution in [0.1, 0.15) is 28.8 Å². The number of hydrogen-bond donors (Lipinski definition) is 1.